The van der Waals surface area contributed by atoms with Crippen molar-refractivity contribution < 1.29 is 53.3 Å². The fraction of sp³-hybridized carbons (Fsp3) is 0.765. The highest BCUT2D eigenvalue weighted by molar-refractivity contribution is 5.89. The number of piperidine rings is 1. The van der Waals surface area contributed by atoms with Crippen molar-refractivity contribution in [3.63, 3.8) is 0 Å². The minimum Gasteiger partial charge on any atom is -0.455 e. The van der Waals surface area contributed by atoms with Crippen LogP contribution in [0.25, 0.3) is 0 Å². The summed E-state index contributed by atoms with van der Waals surface area (Å²) in [4.78, 5) is 29.3. The summed E-state index contributed by atoms with van der Waals surface area (Å²) in [7, 11) is 6.26. The molecule has 12 heteroatoms. The average molecular weight is 646 g/mol. The summed E-state index contributed by atoms with van der Waals surface area (Å²) in [6.45, 7) is 4.91. The van der Waals surface area contributed by atoms with E-state index in [9.17, 15) is 24.9 Å². The van der Waals surface area contributed by atoms with Gasteiger partial charge in [-0.1, -0.05) is 25.1 Å². The van der Waals surface area contributed by atoms with E-state index in [-0.39, 0.29) is 17.9 Å². The second-order valence-corrected chi connectivity index (χ2v) is 14.5. The van der Waals surface area contributed by atoms with Gasteiger partial charge in [-0.05, 0) is 31.5 Å². The zero-order valence-corrected chi connectivity index (χ0v) is 27.4. The molecule has 0 aromatic heterocycles. The van der Waals surface area contributed by atoms with Crippen LogP contribution in [0.2, 0.25) is 0 Å². The predicted octanol–water partition coefficient (Wildman–Crippen LogP) is 0.792. The van der Waals surface area contributed by atoms with Gasteiger partial charge in [0.15, 0.2) is 5.60 Å². The maximum atomic E-state index is 13.8. The Labute approximate surface area is 269 Å². The Morgan fingerprint density at radius 3 is 2.30 bits per heavy atom. The molecule has 1 saturated heterocycles. The molecule has 254 valence electrons. The molecule has 6 aliphatic rings. The molecule has 1 aromatic rings. The number of esters is 2. The van der Waals surface area contributed by atoms with Gasteiger partial charge < -0.3 is 43.7 Å². The number of nitrogens with zero attached hydrogens (tertiary/aromatic N) is 1. The first kappa shape index (κ1) is 32.4. The van der Waals surface area contributed by atoms with Crippen molar-refractivity contribution in [1.82, 2.24) is 4.90 Å². The normalized spacial score (nSPS) is 49.9. The Hall–Kier alpha value is -2.16. The van der Waals surface area contributed by atoms with E-state index in [0.717, 1.165) is 6.42 Å². The lowest BCUT2D eigenvalue weighted by Gasteiger charge is -2.71. The molecule has 0 amide bonds. The van der Waals surface area contributed by atoms with Crippen LogP contribution in [-0.2, 0) is 33.2 Å². The highest BCUT2D eigenvalue weighted by Crippen LogP contribution is 2.81. The number of carbonyl (C=O) groups excluding carboxylic acids is 2. The van der Waals surface area contributed by atoms with Gasteiger partial charge in [-0.25, -0.2) is 4.79 Å². The van der Waals surface area contributed by atoms with Gasteiger partial charge >= 0.3 is 11.9 Å². The number of rotatable bonds is 9. The first-order valence-corrected chi connectivity index (χ1v) is 16.3. The van der Waals surface area contributed by atoms with E-state index in [1.54, 1.807) is 51.7 Å². The SMILES string of the molecule is CCN1CC2(COC)CCC(OC)C34C1C(C(OC)C23)C1(OC(C)=O)C(O)C(OC)C2(O)CC4(O)C1C2OC(=O)c1ccccc1. The van der Waals surface area contributed by atoms with E-state index in [4.69, 9.17) is 28.4 Å². The van der Waals surface area contributed by atoms with Crippen molar-refractivity contribution in [2.45, 2.75) is 86.5 Å². The molecule has 5 aliphatic carbocycles. The first-order valence-electron chi connectivity index (χ1n) is 16.3. The van der Waals surface area contributed by atoms with Crippen molar-refractivity contribution in [3.05, 3.63) is 35.9 Å². The van der Waals surface area contributed by atoms with Crippen LogP contribution in [0, 0.1) is 28.6 Å². The summed E-state index contributed by atoms with van der Waals surface area (Å²) in [6.07, 6.45) is -4.53. The highest BCUT2D eigenvalue weighted by Gasteiger charge is 2.96. The van der Waals surface area contributed by atoms with Crippen molar-refractivity contribution in [2.75, 3.05) is 48.1 Å². The summed E-state index contributed by atoms with van der Waals surface area (Å²) < 4.78 is 37.3. The first-order chi connectivity index (χ1) is 21.9. The third-order valence-electron chi connectivity index (χ3n) is 13.1. The second kappa shape index (κ2) is 10.7. The van der Waals surface area contributed by atoms with Crippen molar-refractivity contribution in [1.29, 1.82) is 0 Å². The topological polar surface area (TPSA) is 153 Å². The monoisotopic (exact) mass is 645 g/mol. The van der Waals surface area contributed by atoms with Crippen LogP contribution in [0.15, 0.2) is 30.3 Å². The summed E-state index contributed by atoms with van der Waals surface area (Å²) in [5.74, 6) is -3.76. The Kier molecular flexibility index (Phi) is 7.51. The van der Waals surface area contributed by atoms with Gasteiger partial charge in [-0.15, -0.1) is 0 Å². The number of hydrogen-bond acceptors (Lipinski definition) is 12. The zero-order chi connectivity index (χ0) is 33.0. The van der Waals surface area contributed by atoms with Gasteiger partial charge in [0.25, 0.3) is 0 Å². The number of carbonyl (C=O) groups is 2. The molecule has 7 rings (SSSR count). The molecular weight excluding hydrogens is 598 g/mol. The lowest BCUT2D eigenvalue weighted by molar-refractivity contribution is -0.347. The zero-order valence-electron chi connectivity index (χ0n) is 27.4. The van der Waals surface area contributed by atoms with E-state index in [2.05, 4.69) is 4.90 Å². The molecule has 5 saturated carbocycles. The number of ether oxygens (including phenoxy) is 6. The average Bonchev–Trinajstić information content (AvgIpc) is 3.38. The van der Waals surface area contributed by atoms with E-state index in [1.807, 2.05) is 6.92 Å². The third-order valence-corrected chi connectivity index (χ3v) is 13.1. The molecule has 1 aromatic carbocycles. The van der Waals surface area contributed by atoms with E-state index >= 15 is 0 Å². The predicted molar refractivity (Wildman–Crippen MR) is 161 cm³/mol. The van der Waals surface area contributed by atoms with E-state index in [0.29, 0.717) is 26.1 Å². The molecule has 1 heterocycles. The number of aliphatic hydroxyl groups is 3. The number of fused-ring (bicyclic) bond motifs is 2. The van der Waals surface area contributed by atoms with Crippen molar-refractivity contribution >= 4 is 11.9 Å². The minimum atomic E-state index is -2.05. The Bertz CT molecular complexity index is 1380. The maximum absolute atomic E-state index is 13.8. The van der Waals surface area contributed by atoms with E-state index < -0.39 is 88.0 Å². The van der Waals surface area contributed by atoms with Gasteiger partial charge in [0, 0.05) is 77.0 Å². The number of likely N-dealkylation sites (tertiary alicyclic amines) is 1. The lowest BCUT2D eigenvalue weighted by Crippen LogP contribution is -2.85. The minimum absolute atomic E-state index is 0.251. The quantitative estimate of drug-likeness (QED) is 0.326. The molecule has 6 fully saturated rings. The van der Waals surface area contributed by atoms with Gasteiger partial charge in [0.1, 0.15) is 23.9 Å². The van der Waals surface area contributed by atoms with Crippen LogP contribution < -0.4 is 0 Å². The molecule has 0 radical (unpaired) electrons. The van der Waals surface area contributed by atoms with Crippen LogP contribution in [0.1, 0.15) is 43.5 Å². The van der Waals surface area contributed by atoms with Crippen LogP contribution in [0.3, 0.4) is 0 Å². The Morgan fingerprint density at radius 2 is 1.72 bits per heavy atom. The molecule has 7 bridgehead atoms. The number of aliphatic hydroxyl groups excluding tert-OH is 1. The van der Waals surface area contributed by atoms with Gasteiger partial charge in [-0.2, -0.15) is 0 Å². The molecule has 1 spiro atoms. The molecule has 14 atom stereocenters. The van der Waals surface area contributed by atoms with Crippen LogP contribution in [-0.4, -0.2) is 134 Å². The summed E-state index contributed by atoms with van der Waals surface area (Å²) in [5.41, 5.74) is -7.17. The molecular formula is C34H47NO11. The fourth-order valence-electron chi connectivity index (χ4n) is 12.4. The summed E-state index contributed by atoms with van der Waals surface area (Å²) >= 11 is 0. The fourth-order valence-corrected chi connectivity index (χ4v) is 12.4. The largest absolute Gasteiger partial charge is 0.455 e. The smallest absolute Gasteiger partial charge is 0.338 e. The van der Waals surface area contributed by atoms with E-state index in [1.165, 1.54) is 14.0 Å². The summed E-state index contributed by atoms with van der Waals surface area (Å²) in [5, 5.41) is 39.1. The van der Waals surface area contributed by atoms with Crippen LogP contribution in [0.5, 0.6) is 0 Å². The summed E-state index contributed by atoms with van der Waals surface area (Å²) in [6, 6.07) is 7.88. The second-order valence-electron chi connectivity index (χ2n) is 14.5. The number of benzene rings is 1. The van der Waals surface area contributed by atoms with Crippen LogP contribution in [0.4, 0.5) is 0 Å². The third kappa shape index (κ3) is 3.52. The molecule has 46 heavy (non-hydrogen) atoms. The number of methoxy groups -OCH3 is 4. The number of hydrogen-bond donors (Lipinski definition) is 3. The molecule has 1 aliphatic heterocycles. The maximum Gasteiger partial charge on any atom is 0.338 e. The van der Waals surface area contributed by atoms with Crippen molar-refractivity contribution in [2.24, 2.45) is 28.6 Å². The van der Waals surface area contributed by atoms with Crippen LogP contribution >= 0.6 is 0 Å². The molecule has 3 N–H and O–H groups in total. The lowest BCUT2D eigenvalue weighted by atomic mass is 9.41. The Balaban J connectivity index is 1.55. The van der Waals surface area contributed by atoms with Gasteiger partial charge in [0.05, 0.1) is 35.9 Å². The molecule has 14 unspecified atom stereocenters. The Morgan fingerprint density at radius 1 is 1.00 bits per heavy atom. The van der Waals surface area contributed by atoms with Gasteiger partial charge in [-0.3, -0.25) is 9.69 Å². The van der Waals surface area contributed by atoms with Crippen molar-refractivity contribution in [3.8, 4) is 0 Å². The highest BCUT2D eigenvalue weighted by atomic mass is 16.6. The molecule has 12 nitrogen and oxygen atoms in total. The van der Waals surface area contributed by atoms with Gasteiger partial charge in [0.2, 0.25) is 0 Å². The standard InChI is InChI=1S/C34H47NO11/c1-7-35-16-30(17-41-3)14-13-20(42-4)33-23(30)22(43-5)21(25(33)35)34(46-18(2)36)24-27(45-29(38)19-11-9-8-10-12-19)31(39,15-32(24,33)40)28(44-6)26(34)37/h8-12,20-28,37,39-40H,7,13-17H2,1-6H3.